The highest BCUT2D eigenvalue weighted by Crippen LogP contribution is 2.19. The lowest BCUT2D eigenvalue weighted by atomic mass is 10.0. The Labute approximate surface area is 123 Å². The van der Waals surface area contributed by atoms with Crippen LogP contribution >= 0.6 is 25.3 Å². The van der Waals surface area contributed by atoms with Crippen molar-refractivity contribution in [1.82, 2.24) is 4.90 Å². The van der Waals surface area contributed by atoms with Crippen molar-refractivity contribution in [3.8, 4) is 0 Å². The Morgan fingerprint density at radius 2 is 2.11 bits per heavy atom. The molecule has 2 nitrogen and oxygen atoms in total. The minimum atomic E-state index is 0.354. The van der Waals surface area contributed by atoms with E-state index in [1.165, 1.54) is 19.3 Å². The van der Waals surface area contributed by atoms with Crippen LogP contribution in [-0.2, 0) is 4.79 Å². The van der Waals surface area contributed by atoms with Gasteiger partial charge in [-0.2, -0.15) is 25.3 Å². The minimum Gasteiger partial charge on any atom is -0.340 e. The molecule has 1 fully saturated rings. The van der Waals surface area contributed by atoms with Crippen molar-refractivity contribution in [2.24, 2.45) is 0 Å². The van der Waals surface area contributed by atoms with E-state index in [1.807, 2.05) is 0 Å². The van der Waals surface area contributed by atoms with E-state index in [0.29, 0.717) is 23.6 Å². The van der Waals surface area contributed by atoms with Gasteiger partial charge in [-0.1, -0.05) is 6.42 Å². The highest BCUT2D eigenvalue weighted by molar-refractivity contribution is 7.81. The molecule has 1 saturated heterocycles. The molecular weight excluding hydrogens is 262 g/mol. The SMILES string of the molecule is CC1CCCCN1C(=O)CCCCC(S)CCS. The van der Waals surface area contributed by atoms with E-state index in [9.17, 15) is 4.79 Å². The minimum absolute atomic E-state index is 0.354. The monoisotopic (exact) mass is 289 g/mol. The number of carbonyl (C=O) groups excluding carboxylic acids is 1. The van der Waals surface area contributed by atoms with Crippen molar-refractivity contribution >= 4 is 31.2 Å². The van der Waals surface area contributed by atoms with Crippen LogP contribution in [-0.4, -0.2) is 34.4 Å². The van der Waals surface area contributed by atoms with Gasteiger partial charge in [0.1, 0.15) is 0 Å². The molecule has 0 aromatic carbocycles. The third-order valence-electron chi connectivity index (χ3n) is 3.76. The molecule has 0 N–H and O–H groups in total. The first-order valence-electron chi connectivity index (χ1n) is 7.23. The number of hydrogen-bond acceptors (Lipinski definition) is 3. The van der Waals surface area contributed by atoms with Crippen LogP contribution < -0.4 is 0 Å². The van der Waals surface area contributed by atoms with Gasteiger partial charge in [0, 0.05) is 24.3 Å². The van der Waals surface area contributed by atoms with Gasteiger partial charge in [-0.05, 0) is 51.2 Å². The molecule has 4 heteroatoms. The molecule has 106 valence electrons. The zero-order valence-electron chi connectivity index (χ0n) is 11.5. The number of amides is 1. The van der Waals surface area contributed by atoms with Gasteiger partial charge in [0.15, 0.2) is 0 Å². The molecule has 18 heavy (non-hydrogen) atoms. The lowest BCUT2D eigenvalue weighted by Crippen LogP contribution is -2.41. The Hall–Kier alpha value is 0.170. The topological polar surface area (TPSA) is 20.3 Å². The summed E-state index contributed by atoms with van der Waals surface area (Å²) in [5, 5.41) is 0.450. The Kier molecular flexibility index (Phi) is 8.23. The average molecular weight is 290 g/mol. The molecule has 1 aliphatic heterocycles. The van der Waals surface area contributed by atoms with Crippen LogP contribution in [0, 0.1) is 0 Å². The van der Waals surface area contributed by atoms with E-state index in [0.717, 1.165) is 38.0 Å². The van der Waals surface area contributed by atoms with Gasteiger partial charge in [-0.3, -0.25) is 4.79 Å². The van der Waals surface area contributed by atoms with E-state index >= 15 is 0 Å². The Balaban J connectivity index is 2.12. The first-order valence-corrected chi connectivity index (χ1v) is 8.38. The van der Waals surface area contributed by atoms with Gasteiger partial charge in [0.25, 0.3) is 0 Å². The van der Waals surface area contributed by atoms with Crippen LogP contribution in [0.25, 0.3) is 0 Å². The fourth-order valence-corrected chi connectivity index (χ4v) is 3.39. The molecule has 1 aliphatic rings. The number of hydrogen-bond donors (Lipinski definition) is 2. The number of unbranched alkanes of at least 4 members (excludes halogenated alkanes) is 1. The highest BCUT2D eigenvalue weighted by atomic mass is 32.1. The summed E-state index contributed by atoms with van der Waals surface area (Å²) >= 11 is 8.71. The van der Waals surface area contributed by atoms with Crippen molar-refractivity contribution in [2.45, 2.75) is 69.6 Å². The molecule has 2 atom stereocenters. The molecular formula is C14H27NOS2. The largest absolute Gasteiger partial charge is 0.340 e. The van der Waals surface area contributed by atoms with Crippen LogP contribution in [0.2, 0.25) is 0 Å². The second-order valence-electron chi connectivity index (χ2n) is 5.34. The summed E-state index contributed by atoms with van der Waals surface area (Å²) in [6, 6.07) is 0.452. The molecule has 1 rings (SSSR count). The molecule has 2 unspecified atom stereocenters. The fraction of sp³-hybridized carbons (Fsp3) is 0.929. The van der Waals surface area contributed by atoms with Crippen LogP contribution in [0.1, 0.15) is 58.3 Å². The van der Waals surface area contributed by atoms with Gasteiger partial charge in [-0.25, -0.2) is 0 Å². The lowest BCUT2D eigenvalue weighted by molar-refractivity contribution is -0.134. The zero-order chi connectivity index (χ0) is 13.4. The van der Waals surface area contributed by atoms with E-state index in [2.05, 4.69) is 37.1 Å². The van der Waals surface area contributed by atoms with Gasteiger partial charge >= 0.3 is 0 Å². The van der Waals surface area contributed by atoms with E-state index < -0.39 is 0 Å². The number of rotatable bonds is 7. The highest BCUT2D eigenvalue weighted by Gasteiger charge is 2.22. The van der Waals surface area contributed by atoms with Gasteiger partial charge in [0.2, 0.25) is 5.91 Å². The summed E-state index contributed by atoms with van der Waals surface area (Å²) in [6.45, 7) is 3.14. The predicted molar refractivity (Wildman–Crippen MR) is 84.7 cm³/mol. The lowest BCUT2D eigenvalue weighted by Gasteiger charge is -2.33. The standard InChI is InChI=1S/C14H27NOS2/c1-12-6-4-5-10-15(12)14(16)8-3-2-7-13(18)9-11-17/h12-13,17-18H,2-11H2,1H3. The molecule has 0 aromatic heterocycles. The quantitative estimate of drug-likeness (QED) is 0.542. The first-order chi connectivity index (χ1) is 8.65. The number of likely N-dealkylation sites (tertiary alicyclic amines) is 1. The summed E-state index contributed by atoms with van der Waals surface area (Å²) in [5.74, 6) is 1.25. The summed E-state index contributed by atoms with van der Waals surface area (Å²) < 4.78 is 0. The van der Waals surface area contributed by atoms with Gasteiger partial charge < -0.3 is 4.90 Å². The van der Waals surface area contributed by atoms with Crippen LogP contribution in [0.5, 0.6) is 0 Å². The third-order valence-corrected chi connectivity index (χ3v) is 4.54. The average Bonchev–Trinajstić information content (AvgIpc) is 2.35. The summed E-state index contributed by atoms with van der Waals surface area (Å²) in [6.07, 6.45) is 8.61. The normalized spacial score (nSPS) is 21.9. The summed E-state index contributed by atoms with van der Waals surface area (Å²) in [7, 11) is 0. The van der Waals surface area contributed by atoms with Crippen molar-refractivity contribution in [3.05, 3.63) is 0 Å². The van der Waals surface area contributed by atoms with Crippen LogP contribution in [0.4, 0.5) is 0 Å². The number of piperidine rings is 1. The van der Waals surface area contributed by atoms with Crippen molar-refractivity contribution < 1.29 is 4.79 Å². The third kappa shape index (κ3) is 5.87. The molecule has 1 heterocycles. The second kappa shape index (κ2) is 9.13. The number of carbonyl (C=O) groups is 1. The van der Waals surface area contributed by atoms with E-state index in [-0.39, 0.29) is 0 Å². The molecule has 0 saturated carbocycles. The number of nitrogens with zero attached hydrogens (tertiary/aromatic N) is 1. The molecule has 0 aliphatic carbocycles. The van der Waals surface area contributed by atoms with E-state index in [4.69, 9.17) is 0 Å². The maximum atomic E-state index is 12.1. The zero-order valence-corrected chi connectivity index (χ0v) is 13.3. The maximum Gasteiger partial charge on any atom is 0.222 e. The predicted octanol–water partition coefficient (Wildman–Crippen LogP) is 3.57. The molecule has 0 bridgehead atoms. The van der Waals surface area contributed by atoms with Crippen molar-refractivity contribution in [3.63, 3.8) is 0 Å². The Bertz CT molecular complexity index is 248. The summed E-state index contributed by atoms with van der Waals surface area (Å²) in [5.41, 5.74) is 0. The smallest absolute Gasteiger partial charge is 0.222 e. The van der Waals surface area contributed by atoms with Crippen molar-refractivity contribution in [1.29, 1.82) is 0 Å². The molecule has 0 spiro atoms. The van der Waals surface area contributed by atoms with Gasteiger partial charge in [-0.15, -0.1) is 0 Å². The second-order valence-corrected chi connectivity index (χ2v) is 6.52. The Morgan fingerprint density at radius 1 is 1.33 bits per heavy atom. The fourth-order valence-electron chi connectivity index (χ4n) is 2.56. The maximum absolute atomic E-state index is 12.1. The molecule has 0 aromatic rings. The van der Waals surface area contributed by atoms with E-state index in [1.54, 1.807) is 0 Å². The van der Waals surface area contributed by atoms with Crippen LogP contribution in [0.3, 0.4) is 0 Å². The Morgan fingerprint density at radius 3 is 2.78 bits per heavy atom. The van der Waals surface area contributed by atoms with Gasteiger partial charge in [0.05, 0.1) is 0 Å². The van der Waals surface area contributed by atoms with Crippen LogP contribution in [0.15, 0.2) is 0 Å². The first kappa shape index (κ1) is 16.2. The van der Waals surface area contributed by atoms with Crippen molar-refractivity contribution in [2.75, 3.05) is 12.3 Å². The summed E-state index contributed by atoms with van der Waals surface area (Å²) in [4.78, 5) is 14.2. The molecule has 1 amide bonds. The number of thiol groups is 2. The molecule has 0 radical (unpaired) electrons.